The number of carbonyl (C=O) groups is 2. The molecule has 2 aromatic rings. The Hall–Kier alpha value is -2.70. The van der Waals surface area contributed by atoms with E-state index in [-0.39, 0.29) is 30.9 Å². The predicted molar refractivity (Wildman–Crippen MR) is 128 cm³/mol. The lowest BCUT2D eigenvalue weighted by Crippen LogP contribution is -2.48. The van der Waals surface area contributed by atoms with Crippen LogP contribution in [0, 0.1) is 11.3 Å². The Balaban J connectivity index is 1.08. The molecule has 2 N–H and O–H groups in total. The van der Waals surface area contributed by atoms with Crippen molar-refractivity contribution in [1.82, 2.24) is 10.2 Å². The average Bonchev–Trinajstić information content (AvgIpc) is 3.60. The summed E-state index contributed by atoms with van der Waals surface area (Å²) in [5, 5.41) is 12.9. The van der Waals surface area contributed by atoms with Gasteiger partial charge in [-0.05, 0) is 61.9 Å². The van der Waals surface area contributed by atoms with Gasteiger partial charge in [-0.15, -0.1) is 0 Å². The zero-order chi connectivity index (χ0) is 22.8. The summed E-state index contributed by atoms with van der Waals surface area (Å²) in [5.41, 5.74) is 2.52. The molecule has 0 aromatic heterocycles. The molecule has 1 saturated carbocycles. The van der Waals surface area contributed by atoms with Crippen molar-refractivity contribution in [3.05, 3.63) is 65.7 Å². The normalized spacial score (nSPS) is 24.8. The van der Waals surface area contributed by atoms with Crippen molar-refractivity contribution in [2.75, 3.05) is 37.7 Å². The summed E-state index contributed by atoms with van der Waals surface area (Å²) in [6, 6.07) is 18.4. The number of rotatable bonds is 8. The van der Waals surface area contributed by atoms with Crippen LogP contribution in [0.2, 0.25) is 0 Å². The summed E-state index contributed by atoms with van der Waals surface area (Å²) in [6.45, 7) is 3.69. The van der Waals surface area contributed by atoms with Crippen molar-refractivity contribution in [1.29, 1.82) is 0 Å². The predicted octanol–water partition coefficient (Wildman–Crippen LogP) is 2.92. The van der Waals surface area contributed by atoms with Gasteiger partial charge < -0.3 is 15.3 Å². The first kappa shape index (κ1) is 22.1. The number of nitrogens with one attached hydrogen (secondary N) is 1. The zero-order valence-electron chi connectivity index (χ0n) is 19.1. The van der Waals surface area contributed by atoms with Crippen LogP contribution in [0.15, 0.2) is 54.6 Å². The monoisotopic (exact) mass is 447 g/mol. The number of benzene rings is 2. The topological polar surface area (TPSA) is 72.9 Å². The average molecular weight is 448 g/mol. The fourth-order valence-corrected chi connectivity index (χ4v) is 5.64. The Bertz CT molecular complexity index is 1000. The van der Waals surface area contributed by atoms with Crippen LogP contribution in [0.5, 0.6) is 0 Å². The minimum Gasteiger partial charge on any atom is -0.395 e. The van der Waals surface area contributed by atoms with E-state index in [0.717, 1.165) is 50.1 Å². The molecular formula is C27H33N3O3. The number of para-hydroxylation sites is 1. The summed E-state index contributed by atoms with van der Waals surface area (Å²) in [5.74, 6) is 0.458. The zero-order valence-corrected chi connectivity index (χ0v) is 19.1. The lowest BCUT2D eigenvalue weighted by molar-refractivity contribution is -0.128. The molecule has 0 radical (unpaired) electrons. The van der Waals surface area contributed by atoms with Gasteiger partial charge in [0.15, 0.2) is 0 Å². The number of carbonyl (C=O) groups excluding carboxylic acids is 2. The molecule has 0 spiro atoms. The number of anilines is 1. The van der Waals surface area contributed by atoms with Gasteiger partial charge in [-0.3, -0.25) is 14.5 Å². The smallest absolute Gasteiger partial charge is 0.240 e. The second-order valence-corrected chi connectivity index (χ2v) is 9.86. The molecule has 0 unspecified atom stereocenters. The lowest BCUT2D eigenvalue weighted by Gasteiger charge is -2.33. The highest BCUT2D eigenvalue weighted by Crippen LogP contribution is 2.64. The number of aliphatic hydroxyl groups excluding tert-OH is 1. The van der Waals surface area contributed by atoms with Crippen molar-refractivity contribution >= 4 is 17.5 Å². The molecular weight excluding hydrogens is 414 g/mol. The first-order valence-electron chi connectivity index (χ1n) is 12.2. The molecule has 2 amide bonds. The number of hydrogen-bond acceptors (Lipinski definition) is 4. The fourth-order valence-electron chi connectivity index (χ4n) is 5.64. The Kier molecular flexibility index (Phi) is 6.21. The van der Waals surface area contributed by atoms with Gasteiger partial charge in [-0.25, -0.2) is 0 Å². The fraction of sp³-hybridized carbons (Fsp3) is 0.481. The third-order valence-corrected chi connectivity index (χ3v) is 7.76. The van der Waals surface area contributed by atoms with E-state index >= 15 is 0 Å². The van der Waals surface area contributed by atoms with Crippen LogP contribution >= 0.6 is 0 Å². The molecule has 2 aliphatic heterocycles. The van der Waals surface area contributed by atoms with Crippen LogP contribution in [0.25, 0.3) is 0 Å². The SMILES string of the molecule is O=C(CN1C(=O)[C@@]2(CO)C[C@H]2c2ccccc21)NCCC1CCN(Cc2ccccc2)CC1. The highest BCUT2D eigenvalue weighted by atomic mass is 16.3. The van der Waals surface area contributed by atoms with Gasteiger partial charge >= 0.3 is 0 Å². The summed E-state index contributed by atoms with van der Waals surface area (Å²) in [6.07, 6.45) is 3.95. The number of fused-ring (bicyclic) bond motifs is 3. The van der Waals surface area contributed by atoms with E-state index in [1.165, 1.54) is 5.56 Å². The van der Waals surface area contributed by atoms with Gasteiger partial charge in [-0.2, -0.15) is 0 Å². The van der Waals surface area contributed by atoms with E-state index in [9.17, 15) is 14.7 Å². The van der Waals surface area contributed by atoms with E-state index in [4.69, 9.17) is 0 Å². The van der Waals surface area contributed by atoms with Crippen molar-refractivity contribution in [3.63, 3.8) is 0 Å². The van der Waals surface area contributed by atoms with Gasteiger partial charge in [-0.1, -0.05) is 48.5 Å². The Labute approximate surface area is 195 Å². The molecule has 2 fully saturated rings. The van der Waals surface area contributed by atoms with E-state index in [2.05, 4.69) is 40.5 Å². The number of amides is 2. The van der Waals surface area contributed by atoms with Crippen LogP contribution in [0.3, 0.4) is 0 Å². The first-order chi connectivity index (χ1) is 16.1. The van der Waals surface area contributed by atoms with E-state index in [1.807, 2.05) is 24.3 Å². The van der Waals surface area contributed by atoms with E-state index in [1.54, 1.807) is 4.90 Å². The van der Waals surface area contributed by atoms with Gasteiger partial charge in [0.05, 0.1) is 12.0 Å². The molecule has 2 aromatic carbocycles. The molecule has 33 heavy (non-hydrogen) atoms. The Morgan fingerprint density at radius 3 is 2.55 bits per heavy atom. The molecule has 6 heteroatoms. The lowest BCUT2D eigenvalue weighted by atomic mass is 9.92. The molecule has 0 bridgehead atoms. The highest BCUT2D eigenvalue weighted by Gasteiger charge is 2.65. The highest BCUT2D eigenvalue weighted by molar-refractivity contribution is 6.07. The van der Waals surface area contributed by atoms with Crippen LogP contribution in [-0.2, 0) is 16.1 Å². The standard InChI is InChI=1S/C27H33N3O3/c31-19-27-16-23(27)22-8-4-5-9-24(22)30(26(27)33)18-25(32)28-13-10-20-11-14-29(15-12-20)17-21-6-2-1-3-7-21/h1-9,20,23,31H,10-19H2,(H,28,32)/t23-,27+/m0/s1. The van der Waals surface area contributed by atoms with Gasteiger partial charge in [0.25, 0.3) is 0 Å². The molecule has 1 aliphatic carbocycles. The number of likely N-dealkylation sites (tertiary alicyclic amines) is 1. The largest absolute Gasteiger partial charge is 0.395 e. The molecule has 6 nitrogen and oxygen atoms in total. The summed E-state index contributed by atoms with van der Waals surface area (Å²) in [4.78, 5) is 29.9. The van der Waals surface area contributed by atoms with Crippen LogP contribution in [0.1, 0.15) is 42.7 Å². The minimum absolute atomic E-state index is 0.0137. The second kappa shape index (κ2) is 9.27. The molecule has 174 valence electrons. The van der Waals surface area contributed by atoms with E-state index < -0.39 is 5.41 Å². The third-order valence-electron chi connectivity index (χ3n) is 7.76. The van der Waals surface area contributed by atoms with Crippen LogP contribution < -0.4 is 10.2 Å². The number of aliphatic hydroxyl groups is 1. The van der Waals surface area contributed by atoms with Gasteiger partial charge in [0, 0.05) is 24.7 Å². The maximum Gasteiger partial charge on any atom is 0.240 e. The van der Waals surface area contributed by atoms with Crippen molar-refractivity contribution in [3.8, 4) is 0 Å². The maximum atomic E-state index is 13.1. The van der Waals surface area contributed by atoms with Crippen LogP contribution in [-0.4, -0.2) is 54.6 Å². The number of hydrogen-bond donors (Lipinski definition) is 2. The van der Waals surface area contributed by atoms with Gasteiger partial charge in [0.2, 0.25) is 11.8 Å². The molecule has 2 heterocycles. The molecule has 2 atom stereocenters. The molecule has 5 rings (SSSR count). The van der Waals surface area contributed by atoms with Gasteiger partial charge in [0.1, 0.15) is 6.54 Å². The second-order valence-electron chi connectivity index (χ2n) is 9.86. The summed E-state index contributed by atoms with van der Waals surface area (Å²) >= 11 is 0. The Morgan fingerprint density at radius 1 is 1.06 bits per heavy atom. The maximum absolute atomic E-state index is 13.1. The summed E-state index contributed by atoms with van der Waals surface area (Å²) < 4.78 is 0. The quantitative estimate of drug-likeness (QED) is 0.653. The first-order valence-corrected chi connectivity index (χ1v) is 12.2. The third kappa shape index (κ3) is 4.42. The summed E-state index contributed by atoms with van der Waals surface area (Å²) in [7, 11) is 0. The number of nitrogens with zero attached hydrogens (tertiary/aromatic N) is 2. The van der Waals surface area contributed by atoms with Crippen molar-refractivity contribution in [2.45, 2.75) is 38.1 Å². The Morgan fingerprint density at radius 2 is 1.79 bits per heavy atom. The van der Waals surface area contributed by atoms with E-state index in [0.29, 0.717) is 18.9 Å². The van der Waals surface area contributed by atoms with Crippen molar-refractivity contribution < 1.29 is 14.7 Å². The minimum atomic E-state index is -0.720. The molecule has 1 saturated heterocycles. The molecule has 3 aliphatic rings. The van der Waals surface area contributed by atoms with Crippen molar-refractivity contribution in [2.24, 2.45) is 11.3 Å². The van der Waals surface area contributed by atoms with Crippen LogP contribution in [0.4, 0.5) is 5.69 Å². The number of piperidine rings is 1.